The largest absolute Gasteiger partial charge is 0.496 e. The molecule has 2 aromatic rings. The average Bonchev–Trinajstić information content (AvgIpc) is 2.55. The highest BCUT2D eigenvalue weighted by Gasteiger charge is 2.08. The molecule has 0 unspecified atom stereocenters. The molecule has 2 aromatic carbocycles. The Kier molecular flexibility index (Phi) is 6.18. The smallest absolute Gasteiger partial charge is 0.224 e. The van der Waals surface area contributed by atoms with Crippen molar-refractivity contribution < 1.29 is 18.7 Å². The molecule has 0 aliphatic carbocycles. The molecule has 4 nitrogen and oxygen atoms in total. The Morgan fingerprint density at radius 2 is 1.79 bits per heavy atom. The predicted molar refractivity (Wildman–Crippen MR) is 91.1 cm³/mol. The van der Waals surface area contributed by atoms with E-state index < -0.39 is 5.82 Å². The highest BCUT2D eigenvalue weighted by atomic mass is 19.1. The lowest BCUT2D eigenvalue weighted by Gasteiger charge is -2.10. The maximum absolute atomic E-state index is 13.6. The van der Waals surface area contributed by atoms with Crippen molar-refractivity contribution >= 4 is 5.91 Å². The number of hydrogen-bond acceptors (Lipinski definition) is 3. The summed E-state index contributed by atoms with van der Waals surface area (Å²) in [7, 11) is 3.04. The number of nitrogens with one attached hydrogen (secondary N) is 1. The van der Waals surface area contributed by atoms with Gasteiger partial charge in [-0.3, -0.25) is 4.79 Å². The second-order valence-corrected chi connectivity index (χ2v) is 5.56. The van der Waals surface area contributed by atoms with E-state index in [4.69, 9.17) is 9.47 Å². The maximum atomic E-state index is 13.6. The fourth-order valence-corrected chi connectivity index (χ4v) is 2.51. The lowest BCUT2D eigenvalue weighted by Crippen LogP contribution is -2.27. The molecular formula is C19H22FNO3. The zero-order valence-corrected chi connectivity index (χ0v) is 14.2. The van der Waals surface area contributed by atoms with Gasteiger partial charge in [-0.05, 0) is 42.7 Å². The van der Waals surface area contributed by atoms with E-state index in [0.717, 1.165) is 16.9 Å². The summed E-state index contributed by atoms with van der Waals surface area (Å²) in [6.45, 7) is 2.51. The van der Waals surface area contributed by atoms with Gasteiger partial charge in [0.05, 0.1) is 20.6 Å². The van der Waals surface area contributed by atoms with Gasteiger partial charge in [-0.2, -0.15) is 0 Å². The highest BCUT2D eigenvalue weighted by molar-refractivity contribution is 5.78. The van der Waals surface area contributed by atoms with Gasteiger partial charge in [0, 0.05) is 6.54 Å². The van der Waals surface area contributed by atoms with Crippen LogP contribution in [0.5, 0.6) is 11.5 Å². The molecule has 0 spiro atoms. The third-order valence-corrected chi connectivity index (χ3v) is 3.73. The van der Waals surface area contributed by atoms with Crippen LogP contribution in [0.25, 0.3) is 0 Å². The van der Waals surface area contributed by atoms with Crippen LogP contribution in [0.4, 0.5) is 4.39 Å². The standard InChI is InChI=1S/C19H22FNO3/c1-13-4-6-17(23-2)15(10-13)8-9-21-19(22)12-14-5-7-18(24-3)16(20)11-14/h4-7,10-11H,8-9,12H2,1-3H3,(H,21,22). The first-order valence-electron chi connectivity index (χ1n) is 7.76. The molecule has 1 amide bonds. The number of rotatable bonds is 7. The summed E-state index contributed by atoms with van der Waals surface area (Å²) in [4.78, 5) is 12.0. The van der Waals surface area contributed by atoms with E-state index in [2.05, 4.69) is 5.32 Å². The van der Waals surface area contributed by atoms with Crippen LogP contribution in [-0.4, -0.2) is 26.7 Å². The summed E-state index contributed by atoms with van der Waals surface area (Å²) < 4.78 is 23.8. The molecule has 5 heteroatoms. The molecule has 0 saturated heterocycles. The Labute approximate surface area is 141 Å². The molecule has 0 saturated carbocycles. The molecule has 0 radical (unpaired) electrons. The Morgan fingerprint density at radius 1 is 1.08 bits per heavy atom. The topological polar surface area (TPSA) is 47.6 Å². The van der Waals surface area contributed by atoms with E-state index in [-0.39, 0.29) is 18.1 Å². The number of halogens is 1. The van der Waals surface area contributed by atoms with Gasteiger partial charge in [0.1, 0.15) is 5.75 Å². The number of ether oxygens (including phenoxy) is 2. The summed E-state index contributed by atoms with van der Waals surface area (Å²) in [5, 5.41) is 2.85. The first-order chi connectivity index (χ1) is 11.5. The summed E-state index contributed by atoms with van der Waals surface area (Å²) in [6, 6.07) is 10.5. The maximum Gasteiger partial charge on any atom is 0.224 e. The number of amides is 1. The normalized spacial score (nSPS) is 10.3. The van der Waals surface area contributed by atoms with E-state index in [1.54, 1.807) is 13.2 Å². The SMILES string of the molecule is COc1ccc(CC(=O)NCCc2cc(C)ccc2OC)cc1F. The van der Waals surface area contributed by atoms with Crippen LogP contribution < -0.4 is 14.8 Å². The zero-order valence-electron chi connectivity index (χ0n) is 14.2. The molecule has 0 aliphatic rings. The van der Waals surface area contributed by atoms with E-state index in [9.17, 15) is 9.18 Å². The summed E-state index contributed by atoms with van der Waals surface area (Å²) in [5.74, 6) is 0.372. The number of hydrogen-bond donors (Lipinski definition) is 1. The summed E-state index contributed by atoms with van der Waals surface area (Å²) >= 11 is 0. The van der Waals surface area contributed by atoms with E-state index >= 15 is 0 Å². The second-order valence-electron chi connectivity index (χ2n) is 5.56. The van der Waals surface area contributed by atoms with Gasteiger partial charge in [0.15, 0.2) is 11.6 Å². The Hall–Kier alpha value is -2.56. The minimum atomic E-state index is -0.465. The predicted octanol–water partition coefficient (Wildman–Crippen LogP) is 3.05. The van der Waals surface area contributed by atoms with E-state index in [1.807, 2.05) is 25.1 Å². The molecule has 1 N–H and O–H groups in total. The van der Waals surface area contributed by atoms with Crippen molar-refractivity contribution in [2.45, 2.75) is 19.8 Å². The molecule has 128 valence electrons. The van der Waals surface area contributed by atoms with Crippen molar-refractivity contribution in [1.82, 2.24) is 5.32 Å². The van der Waals surface area contributed by atoms with Gasteiger partial charge >= 0.3 is 0 Å². The third-order valence-electron chi connectivity index (χ3n) is 3.73. The van der Waals surface area contributed by atoms with Crippen molar-refractivity contribution in [1.29, 1.82) is 0 Å². The van der Waals surface area contributed by atoms with Gasteiger partial charge in [0.2, 0.25) is 5.91 Å². The first kappa shape index (κ1) is 17.8. The highest BCUT2D eigenvalue weighted by Crippen LogP contribution is 2.20. The number of methoxy groups -OCH3 is 2. The van der Waals surface area contributed by atoms with Crippen molar-refractivity contribution in [3.05, 3.63) is 58.9 Å². The van der Waals surface area contributed by atoms with Crippen molar-refractivity contribution in [3.63, 3.8) is 0 Å². The second kappa shape index (κ2) is 8.34. The molecule has 2 rings (SSSR count). The number of carbonyl (C=O) groups is 1. The fraction of sp³-hybridized carbons (Fsp3) is 0.316. The van der Waals surface area contributed by atoms with Crippen molar-refractivity contribution in [2.75, 3.05) is 20.8 Å². The minimum Gasteiger partial charge on any atom is -0.496 e. The third kappa shape index (κ3) is 4.72. The Morgan fingerprint density at radius 3 is 2.46 bits per heavy atom. The molecular weight excluding hydrogens is 309 g/mol. The Bertz CT molecular complexity index is 716. The molecule has 0 atom stereocenters. The zero-order chi connectivity index (χ0) is 17.5. The van der Waals surface area contributed by atoms with Gasteiger partial charge < -0.3 is 14.8 Å². The number of benzene rings is 2. The molecule has 0 aromatic heterocycles. The monoisotopic (exact) mass is 331 g/mol. The van der Waals surface area contributed by atoms with Crippen LogP contribution in [0.15, 0.2) is 36.4 Å². The van der Waals surface area contributed by atoms with Crippen LogP contribution in [0.1, 0.15) is 16.7 Å². The molecule has 0 bridgehead atoms. The van der Waals surface area contributed by atoms with Crippen LogP contribution >= 0.6 is 0 Å². The van der Waals surface area contributed by atoms with E-state index in [1.165, 1.54) is 19.2 Å². The lowest BCUT2D eigenvalue weighted by molar-refractivity contribution is -0.120. The van der Waals surface area contributed by atoms with Crippen molar-refractivity contribution in [2.24, 2.45) is 0 Å². The van der Waals surface area contributed by atoms with Crippen molar-refractivity contribution in [3.8, 4) is 11.5 Å². The van der Waals surface area contributed by atoms with Crippen LogP contribution in [0.2, 0.25) is 0 Å². The van der Waals surface area contributed by atoms with Gasteiger partial charge in [-0.25, -0.2) is 4.39 Å². The number of carbonyl (C=O) groups excluding carboxylic acids is 1. The molecule has 0 fully saturated rings. The summed E-state index contributed by atoms with van der Waals surface area (Å²) in [6.07, 6.45) is 0.805. The first-order valence-corrected chi connectivity index (χ1v) is 7.76. The fourth-order valence-electron chi connectivity index (χ4n) is 2.51. The van der Waals surface area contributed by atoms with Crippen LogP contribution in [0, 0.1) is 12.7 Å². The van der Waals surface area contributed by atoms with Gasteiger partial charge in [-0.1, -0.05) is 23.8 Å². The molecule has 0 heterocycles. The molecule has 24 heavy (non-hydrogen) atoms. The lowest BCUT2D eigenvalue weighted by atomic mass is 10.1. The quantitative estimate of drug-likeness (QED) is 0.848. The minimum absolute atomic E-state index is 0.131. The van der Waals surface area contributed by atoms with E-state index in [0.29, 0.717) is 18.5 Å². The van der Waals surface area contributed by atoms with Gasteiger partial charge in [0.25, 0.3) is 0 Å². The van der Waals surface area contributed by atoms with Crippen LogP contribution in [-0.2, 0) is 17.6 Å². The van der Waals surface area contributed by atoms with Crippen LogP contribution in [0.3, 0.4) is 0 Å². The number of aryl methyl sites for hydroxylation is 1. The average molecular weight is 331 g/mol. The Balaban J connectivity index is 1.88. The van der Waals surface area contributed by atoms with Gasteiger partial charge in [-0.15, -0.1) is 0 Å². The molecule has 0 aliphatic heterocycles. The summed E-state index contributed by atoms with van der Waals surface area (Å²) in [5.41, 5.74) is 2.80.